The molecular formula is C18H35N5OS. The molecule has 2 rings (SSSR count). The molecule has 0 aromatic heterocycles. The highest BCUT2D eigenvalue weighted by Crippen LogP contribution is 2.31. The molecule has 1 heterocycles. The van der Waals surface area contributed by atoms with Crippen molar-refractivity contribution >= 4 is 23.6 Å². The largest absolute Gasteiger partial charge is 0.355 e. The normalized spacial score (nSPS) is 30.4. The maximum Gasteiger partial charge on any atom is 0.225 e. The first kappa shape index (κ1) is 20.4. The van der Waals surface area contributed by atoms with Crippen molar-refractivity contribution in [2.24, 2.45) is 10.9 Å². The van der Waals surface area contributed by atoms with Crippen LogP contribution in [-0.2, 0) is 4.79 Å². The third kappa shape index (κ3) is 5.26. The van der Waals surface area contributed by atoms with E-state index in [2.05, 4.69) is 34.6 Å². The van der Waals surface area contributed by atoms with E-state index in [0.717, 1.165) is 43.9 Å². The van der Waals surface area contributed by atoms with Gasteiger partial charge in [0.2, 0.25) is 5.91 Å². The standard InChI is InChI=1S/C18H35N5OS/c1-19-17(20-12-18(23(4)5)9-10-25-13-18)21-15-8-6-7-14(11-15)16(24)22(2)3/h14-15H,6-13H2,1-5H3,(H2,19,20,21). The summed E-state index contributed by atoms with van der Waals surface area (Å²) in [5.74, 6) is 3.64. The predicted octanol–water partition coefficient (Wildman–Crippen LogP) is 1.24. The Morgan fingerprint density at radius 3 is 2.60 bits per heavy atom. The monoisotopic (exact) mass is 369 g/mol. The molecule has 0 aromatic rings. The van der Waals surface area contributed by atoms with Gasteiger partial charge in [0.05, 0.1) is 0 Å². The number of nitrogens with zero attached hydrogens (tertiary/aromatic N) is 3. The van der Waals surface area contributed by atoms with E-state index < -0.39 is 0 Å². The molecule has 1 saturated carbocycles. The molecule has 2 fully saturated rings. The molecule has 3 atom stereocenters. The molecular weight excluding hydrogens is 334 g/mol. The zero-order valence-electron chi connectivity index (χ0n) is 16.5. The van der Waals surface area contributed by atoms with Crippen LogP contribution in [0.2, 0.25) is 0 Å². The van der Waals surface area contributed by atoms with Crippen molar-refractivity contribution < 1.29 is 4.79 Å². The fourth-order valence-electron chi connectivity index (χ4n) is 3.79. The highest BCUT2D eigenvalue weighted by molar-refractivity contribution is 7.99. The smallest absolute Gasteiger partial charge is 0.225 e. The lowest BCUT2D eigenvalue weighted by Gasteiger charge is -2.37. The van der Waals surface area contributed by atoms with Crippen LogP contribution in [0.5, 0.6) is 0 Å². The zero-order valence-corrected chi connectivity index (χ0v) is 17.3. The number of carbonyl (C=O) groups excluding carboxylic acids is 1. The molecule has 1 aliphatic carbocycles. The van der Waals surface area contributed by atoms with Gasteiger partial charge in [0.15, 0.2) is 5.96 Å². The third-order valence-corrected chi connectivity index (χ3v) is 6.88. The number of amides is 1. The molecule has 3 unspecified atom stereocenters. The van der Waals surface area contributed by atoms with Gasteiger partial charge in [-0.05, 0) is 45.5 Å². The number of carbonyl (C=O) groups is 1. The van der Waals surface area contributed by atoms with Crippen LogP contribution in [0.25, 0.3) is 0 Å². The number of guanidine groups is 1. The first-order chi connectivity index (χ1) is 11.9. The lowest BCUT2D eigenvalue weighted by Crippen LogP contribution is -2.56. The molecule has 6 nitrogen and oxygen atoms in total. The van der Waals surface area contributed by atoms with Crippen LogP contribution in [0, 0.1) is 5.92 Å². The average molecular weight is 370 g/mol. The summed E-state index contributed by atoms with van der Waals surface area (Å²) < 4.78 is 0. The molecule has 7 heteroatoms. The lowest BCUT2D eigenvalue weighted by molar-refractivity contribution is -0.134. The molecule has 0 bridgehead atoms. The fourth-order valence-corrected chi connectivity index (χ4v) is 5.35. The summed E-state index contributed by atoms with van der Waals surface area (Å²) in [6, 6.07) is 0.321. The maximum absolute atomic E-state index is 12.3. The predicted molar refractivity (Wildman–Crippen MR) is 107 cm³/mol. The van der Waals surface area contributed by atoms with Crippen LogP contribution in [0.1, 0.15) is 32.1 Å². The Balaban J connectivity index is 1.88. The molecule has 144 valence electrons. The molecule has 1 amide bonds. The number of rotatable bonds is 5. The number of aliphatic imine (C=N–C) groups is 1. The molecule has 0 aromatic carbocycles. The minimum absolute atomic E-state index is 0.138. The topological polar surface area (TPSA) is 60.0 Å². The molecule has 25 heavy (non-hydrogen) atoms. The summed E-state index contributed by atoms with van der Waals surface area (Å²) in [5.41, 5.74) is 0.207. The molecule has 0 radical (unpaired) electrons. The zero-order chi connectivity index (χ0) is 18.4. The lowest BCUT2D eigenvalue weighted by atomic mass is 9.85. The van der Waals surface area contributed by atoms with Gasteiger partial charge in [-0.1, -0.05) is 6.42 Å². The van der Waals surface area contributed by atoms with Crippen LogP contribution in [-0.4, -0.2) is 86.5 Å². The molecule has 2 aliphatic rings. The van der Waals surface area contributed by atoms with Gasteiger partial charge < -0.3 is 20.4 Å². The summed E-state index contributed by atoms with van der Waals surface area (Å²) in [4.78, 5) is 20.7. The first-order valence-corrected chi connectivity index (χ1v) is 10.5. The van der Waals surface area contributed by atoms with Crippen molar-refractivity contribution in [3.8, 4) is 0 Å². The Bertz CT molecular complexity index is 474. The van der Waals surface area contributed by atoms with E-state index in [-0.39, 0.29) is 17.4 Å². The molecule has 1 saturated heterocycles. The van der Waals surface area contributed by atoms with E-state index in [0.29, 0.717) is 6.04 Å². The van der Waals surface area contributed by atoms with Crippen molar-refractivity contribution in [3.05, 3.63) is 0 Å². The highest BCUT2D eigenvalue weighted by atomic mass is 32.2. The second kappa shape index (κ2) is 9.12. The summed E-state index contributed by atoms with van der Waals surface area (Å²) in [5, 5.41) is 7.09. The number of thioether (sulfide) groups is 1. The fraction of sp³-hybridized carbons (Fsp3) is 0.889. The van der Waals surface area contributed by atoms with Crippen LogP contribution >= 0.6 is 11.8 Å². The van der Waals surface area contributed by atoms with Crippen LogP contribution in [0.15, 0.2) is 4.99 Å². The van der Waals surface area contributed by atoms with Gasteiger partial charge in [0.1, 0.15) is 0 Å². The molecule has 1 aliphatic heterocycles. The van der Waals surface area contributed by atoms with Gasteiger partial charge in [-0.2, -0.15) is 11.8 Å². The number of nitrogens with one attached hydrogen (secondary N) is 2. The van der Waals surface area contributed by atoms with Crippen molar-refractivity contribution in [2.75, 3.05) is 53.3 Å². The maximum atomic E-state index is 12.3. The Morgan fingerprint density at radius 2 is 2.04 bits per heavy atom. The van der Waals surface area contributed by atoms with E-state index in [1.165, 1.54) is 12.2 Å². The Kier molecular flexibility index (Phi) is 7.43. The molecule has 0 spiro atoms. The Labute approximate surface area is 157 Å². The van der Waals surface area contributed by atoms with E-state index in [4.69, 9.17) is 0 Å². The van der Waals surface area contributed by atoms with Crippen LogP contribution in [0.3, 0.4) is 0 Å². The van der Waals surface area contributed by atoms with Crippen molar-refractivity contribution in [1.29, 1.82) is 0 Å². The van der Waals surface area contributed by atoms with Crippen LogP contribution < -0.4 is 10.6 Å². The molecule has 2 N–H and O–H groups in total. The van der Waals surface area contributed by atoms with Gasteiger partial charge in [-0.3, -0.25) is 9.79 Å². The van der Waals surface area contributed by atoms with Gasteiger partial charge in [0.25, 0.3) is 0 Å². The quantitative estimate of drug-likeness (QED) is 0.564. The summed E-state index contributed by atoms with van der Waals surface area (Å²) in [6.45, 7) is 0.902. The Hall–Kier alpha value is -0.950. The van der Waals surface area contributed by atoms with Gasteiger partial charge in [-0.25, -0.2) is 0 Å². The van der Waals surface area contributed by atoms with Gasteiger partial charge >= 0.3 is 0 Å². The van der Waals surface area contributed by atoms with E-state index in [1.54, 1.807) is 4.90 Å². The third-order valence-electron chi connectivity index (χ3n) is 5.64. The minimum Gasteiger partial charge on any atom is -0.355 e. The number of likely N-dealkylation sites (N-methyl/N-ethyl adjacent to an activating group) is 1. The van der Waals surface area contributed by atoms with Crippen molar-refractivity contribution in [2.45, 2.75) is 43.7 Å². The van der Waals surface area contributed by atoms with E-state index >= 15 is 0 Å². The first-order valence-electron chi connectivity index (χ1n) is 9.31. The Morgan fingerprint density at radius 1 is 1.28 bits per heavy atom. The summed E-state index contributed by atoms with van der Waals surface area (Å²) in [7, 11) is 9.86. The van der Waals surface area contributed by atoms with E-state index in [9.17, 15) is 4.79 Å². The number of hydrogen-bond donors (Lipinski definition) is 2. The minimum atomic E-state index is 0.138. The SMILES string of the molecule is CN=C(NCC1(N(C)C)CCSC1)NC1CCCC(C(=O)N(C)C)C1. The van der Waals surface area contributed by atoms with Gasteiger partial charge in [-0.15, -0.1) is 0 Å². The average Bonchev–Trinajstić information content (AvgIpc) is 3.08. The summed E-state index contributed by atoms with van der Waals surface area (Å²) >= 11 is 2.03. The van der Waals surface area contributed by atoms with Crippen molar-refractivity contribution in [1.82, 2.24) is 20.4 Å². The number of hydrogen-bond acceptors (Lipinski definition) is 4. The van der Waals surface area contributed by atoms with Gasteiger partial charge in [0, 0.05) is 50.9 Å². The second-order valence-electron chi connectivity index (χ2n) is 7.78. The summed E-state index contributed by atoms with van der Waals surface area (Å²) in [6.07, 6.45) is 5.30. The second-order valence-corrected chi connectivity index (χ2v) is 8.89. The highest BCUT2D eigenvalue weighted by Gasteiger charge is 2.37. The van der Waals surface area contributed by atoms with E-state index in [1.807, 2.05) is 32.9 Å². The van der Waals surface area contributed by atoms with Crippen LogP contribution in [0.4, 0.5) is 0 Å². The van der Waals surface area contributed by atoms with Crippen molar-refractivity contribution in [3.63, 3.8) is 0 Å².